The van der Waals surface area contributed by atoms with Gasteiger partial charge in [0.05, 0.1) is 5.41 Å². The van der Waals surface area contributed by atoms with Crippen LogP contribution < -0.4 is 15.1 Å². The second-order valence-electron chi connectivity index (χ2n) is 7.13. The molecule has 8 heteroatoms. The smallest absolute Gasteiger partial charge is 0.370 e. The third-order valence-electron chi connectivity index (χ3n) is 5.27. The van der Waals surface area contributed by atoms with E-state index in [1.165, 1.54) is 0 Å². The van der Waals surface area contributed by atoms with E-state index < -0.39 is 5.97 Å². The van der Waals surface area contributed by atoms with Gasteiger partial charge in [-0.3, -0.25) is 9.69 Å². The lowest BCUT2D eigenvalue weighted by atomic mass is 9.85. The van der Waals surface area contributed by atoms with Crippen LogP contribution in [0, 0.1) is 5.41 Å². The number of hydrogen-bond acceptors (Lipinski definition) is 5. The Morgan fingerprint density at radius 3 is 2.80 bits per heavy atom. The molecule has 4 rings (SSSR count). The number of amides is 1. The molecule has 1 aromatic rings. The lowest BCUT2D eigenvalue weighted by Crippen LogP contribution is -2.56. The van der Waals surface area contributed by atoms with Gasteiger partial charge in [-0.1, -0.05) is 6.07 Å². The van der Waals surface area contributed by atoms with Crippen molar-refractivity contribution in [2.75, 3.05) is 19.6 Å². The standard InChI is InChI=1S/C17H20BN2O5/c19-16(23)17(4-5-17)9-20-7-11(8-20)24-12-2-1-10-3-6-18-25-14(10)13(12)15(21)22/h1-2,11H,3-9H2,(H2,19,23)(H,21,22). The molecule has 1 amide bonds. The van der Waals surface area contributed by atoms with Gasteiger partial charge in [-0.2, -0.15) is 0 Å². The van der Waals surface area contributed by atoms with Gasteiger partial charge in [0.1, 0.15) is 23.2 Å². The Kier molecular flexibility index (Phi) is 3.87. The molecule has 1 radical (unpaired) electrons. The maximum atomic E-state index is 11.7. The van der Waals surface area contributed by atoms with E-state index in [0.29, 0.717) is 31.1 Å². The first-order valence-electron chi connectivity index (χ1n) is 8.55. The molecule has 1 aromatic carbocycles. The van der Waals surface area contributed by atoms with E-state index in [9.17, 15) is 14.7 Å². The normalized spacial score (nSPS) is 21.3. The molecule has 0 bridgehead atoms. The molecular formula is C17H20BN2O5. The number of aromatic carboxylic acids is 1. The van der Waals surface area contributed by atoms with Crippen LogP contribution in [0.25, 0.3) is 0 Å². The van der Waals surface area contributed by atoms with Crippen LogP contribution in [0.3, 0.4) is 0 Å². The number of rotatable bonds is 6. The first-order chi connectivity index (χ1) is 12.0. The maximum Gasteiger partial charge on any atom is 0.370 e. The second-order valence-corrected chi connectivity index (χ2v) is 7.13. The van der Waals surface area contributed by atoms with Gasteiger partial charge < -0.3 is 20.2 Å². The summed E-state index contributed by atoms with van der Waals surface area (Å²) in [6.45, 7) is 1.99. The molecule has 1 saturated heterocycles. The Morgan fingerprint density at radius 1 is 1.40 bits per heavy atom. The Morgan fingerprint density at radius 2 is 2.16 bits per heavy atom. The molecule has 3 aliphatic rings. The summed E-state index contributed by atoms with van der Waals surface area (Å²) in [5, 5.41) is 9.56. The van der Waals surface area contributed by atoms with Gasteiger partial charge in [0.15, 0.2) is 0 Å². The number of primary amides is 1. The van der Waals surface area contributed by atoms with E-state index in [2.05, 4.69) is 4.90 Å². The third kappa shape index (κ3) is 2.95. The van der Waals surface area contributed by atoms with Crippen LogP contribution in [0.4, 0.5) is 0 Å². The number of benzene rings is 1. The summed E-state index contributed by atoms with van der Waals surface area (Å²) in [4.78, 5) is 25.3. The molecule has 2 fully saturated rings. The van der Waals surface area contributed by atoms with Crippen LogP contribution in [-0.4, -0.2) is 55.1 Å². The highest BCUT2D eigenvalue weighted by Gasteiger charge is 2.51. The van der Waals surface area contributed by atoms with Crippen molar-refractivity contribution in [3.05, 3.63) is 23.3 Å². The molecule has 131 valence electrons. The molecule has 2 aliphatic heterocycles. The van der Waals surface area contributed by atoms with Crippen LogP contribution in [0.5, 0.6) is 11.5 Å². The van der Waals surface area contributed by atoms with Crippen LogP contribution in [-0.2, 0) is 11.2 Å². The molecule has 0 unspecified atom stereocenters. The minimum absolute atomic E-state index is 0.0858. The van der Waals surface area contributed by atoms with Gasteiger partial charge in [-0.05, 0) is 37.2 Å². The van der Waals surface area contributed by atoms with Gasteiger partial charge in [-0.25, -0.2) is 4.79 Å². The van der Waals surface area contributed by atoms with Gasteiger partial charge in [0.2, 0.25) is 5.91 Å². The van der Waals surface area contributed by atoms with E-state index in [1.54, 1.807) is 13.5 Å². The van der Waals surface area contributed by atoms with Crippen molar-refractivity contribution in [1.82, 2.24) is 4.90 Å². The van der Waals surface area contributed by atoms with Crippen molar-refractivity contribution in [2.24, 2.45) is 11.1 Å². The number of carboxylic acids is 1. The number of nitrogens with zero attached hydrogens (tertiary/aromatic N) is 1. The number of carbonyl (C=O) groups excluding carboxylic acids is 1. The topological polar surface area (TPSA) is 102 Å². The number of nitrogens with two attached hydrogens (primary N) is 1. The molecule has 0 spiro atoms. The number of carbonyl (C=O) groups is 2. The molecule has 0 atom stereocenters. The summed E-state index contributed by atoms with van der Waals surface area (Å²) in [7, 11) is 1.63. The van der Waals surface area contributed by atoms with Gasteiger partial charge in [0, 0.05) is 19.6 Å². The molecule has 2 heterocycles. The fraction of sp³-hybridized carbons (Fsp3) is 0.529. The zero-order valence-electron chi connectivity index (χ0n) is 13.9. The predicted molar refractivity (Wildman–Crippen MR) is 90.0 cm³/mol. The minimum Gasteiger partial charge on any atom is -0.562 e. The van der Waals surface area contributed by atoms with Gasteiger partial charge in [0.25, 0.3) is 0 Å². The van der Waals surface area contributed by atoms with Gasteiger partial charge >= 0.3 is 13.5 Å². The minimum atomic E-state index is -1.05. The summed E-state index contributed by atoms with van der Waals surface area (Å²) in [5.41, 5.74) is 6.08. The maximum absolute atomic E-state index is 11.7. The quantitative estimate of drug-likeness (QED) is 0.737. The number of carboxylic acid groups (broad SMARTS) is 1. The summed E-state index contributed by atoms with van der Waals surface area (Å²) >= 11 is 0. The van der Waals surface area contributed by atoms with E-state index in [1.807, 2.05) is 6.07 Å². The zero-order valence-corrected chi connectivity index (χ0v) is 13.9. The lowest BCUT2D eigenvalue weighted by molar-refractivity contribution is -0.125. The SMILES string of the molecule is NC(=O)C1(CN2CC(Oc3ccc4c(c3C(=O)O)O[B]CC4)C2)CC1. The first kappa shape index (κ1) is 16.3. The van der Waals surface area contributed by atoms with Crippen LogP contribution in [0.2, 0.25) is 6.32 Å². The van der Waals surface area contributed by atoms with E-state index in [-0.39, 0.29) is 23.0 Å². The molecule has 0 aromatic heterocycles. The summed E-state index contributed by atoms with van der Waals surface area (Å²) in [5.74, 6) is -0.558. The highest BCUT2D eigenvalue weighted by Crippen LogP contribution is 2.46. The molecular weight excluding hydrogens is 323 g/mol. The Hall–Kier alpha value is -2.22. The number of ether oxygens (including phenoxy) is 1. The van der Waals surface area contributed by atoms with E-state index in [0.717, 1.165) is 31.1 Å². The van der Waals surface area contributed by atoms with Crippen molar-refractivity contribution in [2.45, 2.75) is 31.7 Å². The first-order valence-corrected chi connectivity index (χ1v) is 8.55. The summed E-state index contributed by atoms with van der Waals surface area (Å²) in [6.07, 6.45) is 3.15. The van der Waals surface area contributed by atoms with Crippen LogP contribution in [0.1, 0.15) is 28.8 Å². The largest absolute Gasteiger partial charge is 0.562 e. The number of fused-ring (bicyclic) bond motifs is 1. The van der Waals surface area contributed by atoms with E-state index >= 15 is 0 Å². The average Bonchev–Trinajstić information content (AvgIpc) is 3.33. The average molecular weight is 343 g/mol. The monoisotopic (exact) mass is 343 g/mol. The van der Waals surface area contributed by atoms with E-state index in [4.69, 9.17) is 15.1 Å². The second kappa shape index (κ2) is 5.95. The molecule has 1 aliphatic carbocycles. The van der Waals surface area contributed by atoms with Crippen molar-refractivity contribution in [3.63, 3.8) is 0 Å². The van der Waals surface area contributed by atoms with Crippen molar-refractivity contribution < 1.29 is 24.1 Å². The van der Waals surface area contributed by atoms with Crippen molar-refractivity contribution >= 4 is 19.4 Å². The lowest BCUT2D eigenvalue weighted by Gasteiger charge is -2.40. The van der Waals surface area contributed by atoms with Crippen LogP contribution in [0.15, 0.2) is 12.1 Å². The Labute approximate surface area is 146 Å². The fourth-order valence-corrected chi connectivity index (χ4v) is 3.56. The Bertz CT molecular complexity index is 728. The number of hydrogen-bond donors (Lipinski definition) is 2. The third-order valence-corrected chi connectivity index (χ3v) is 5.27. The van der Waals surface area contributed by atoms with Crippen molar-refractivity contribution in [3.8, 4) is 11.5 Å². The number of likely N-dealkylation sites (tertiary alicyclic amines) is 1. The molecule has 25 heavy (non-hydrogen) atoms. The van der Waals surface area contributed by atoms with Gasteiger partial charge in [-0.15, -0.1) is 0 Å². The fourth-order valence-electron chi connectivity index (χ4n) is 3.56. The molecule has 1 saturated carbocycles. The zero-order chi connectivity index (χ0) is 17.6. The molecule has 7 nitrogen and oxygen atoms in total. The highest BCUT2D eigenvalue weighted by molar-refractivity contribution is 6.29. The number of aryl methyl sites for hydroxylation is 1. The summed E-state index contributed by atoms with van der Waals surface area (Å²) < 4.78 is 11.4. The highest BCUT2D eigenvalue weighted by atomic mass is 16.5. The van der Waals surface area contributed by atoms with Crippen molar-refractivity contribution in [1.29, 1.82) is 0 Å². The molecule has 3 N–H and O–H groups in total. The summed E-state index contributed by atoms with van der Waals surface area (Å²) in [6, 6.07) is 3.58. The Balaban J connectivity index is 1.42. The van der Waals surface area contributed by atoms with Crippen LogP contribution >= 0.6 is 0 Å². The predicted octanol–water partition coefficient (Wildman–Crippen LogP) is 0.686.